The molecule has 0 aliphatic rings. The van der Waals surface area contributed by atoms with E-state index in [0.717, 1.165) is 12.3 Å². The van der Waals surface area contributed by atoms with Crippen LogP contribution in [-0.2, 0) is 0 Å². The van der Waals surface area contributed by atoms with Gasteiger partial charge >= 0.3 is 0 Å². The molecular formula is C11H9F3N4. The van der Waals surface area contributed by atoms with Crippen molar-refractivity contribution in [1.82, 2.24) is 9.66 Å². The van der Waals surface area contributed by atoms with Crippen LogP contribution in [0.4, 0.5) is 19.1 Å². The third-order valence-electron chi connectivity index (χ3n) is 2.18. The molecule has 2 aromatic rings. The Morgan fingerprint density at radius 2 is 2.06 bits per heavy atom. The third-order valence-corrected chi connectivity index (χ3v) is 2.18. The molecular weight excluding hydrogens is 245 g/mol. The molecule has 0 atom stereocenters. The van der Waals surface area contributed by atoms with Gasteiger partial charge < -0.3 is 5.73 Å². The van der Waals surface area contributed by atoms with Crippen LogP contribution in [0.2, 0.25) is 0 Å². The van der Waals surface area contributed by atoms with E-state index in [2.05, 4.69) is 10.1 Å². The monoisotopic (exact) mass is 254 g/mol. The molecule has 0 unspecified atom stereocenters. The number of nitrogen functional groups attached to an aromatic ring is 1. The summed E-state index contributed by atoms with van der Waals surface area (Å²) in [6.45, 7) is 1.70. The fourth-order valence-electron chi connectivity index (χ4n) is 1.39. The van der Waals surface area contributed by atoms with Crippen LogP contribution >= 0.6 is 0 Å². The predicted molar refractivity (Wildman–Crippen MR) is 60.7 cm³/mol. The van der Waals surface area contributed by atoms with E-state index in [1.807, 2.05) is 0 Å². The summed E-state index contributed by atoms with van der Waals surface area (Å²) in [5.41, 5.74) is 5.81. The number of nitrogens with two attached hydrogens (primary N) is 1. The second-order valence-electron chi connectivity index (χ2n) is 3.62. The second-order valence-corrected chi connectivity index (χ2v) is 3.62. The molecule has 4 nitrogen and oxygen atoms in total. The molecule has 1 heterocycles. The van der Waals surface area contributed by atoms with E-state index in [4.69, 9.17) is 5.73 Å². The molecule has 0 aliphatic carbocycles. The smallest absolute Gasteiger partial charge is 0.221 e. The Balaban J connectivity index is 2.37. The quantitative estimate of drug-likeness (QED) is 0.659. The Kier molecular flexibility index (Phi) is 3.05. The van der Waals surface area contributed by atoms with Gasteiger partial charge in [0.15, 0.2) is 11.6 Å². The summed E-state index contributed by atoms with van der Waals surface area (Å²) >= 11 is 0. The molecule has 1 aromatic carbocycles. The highest BCUT2D eigenvalue weighted by Gasteiger charge is 2.09. The number of hydrogen-bond acceptors (Lipinski definition) is 3. The summed E-state index contributed by atoms with van der Waals surface area (Å²) in [5, 5.41) is 3.77. The average Bonchev–Trinajstić information content (AvgIpc) is 2.60. The van der Waals surface area contributed by atoms with E-state index in [0.29, 0.717) is 11.8 Å². The molecule has 7 heteroatoms. The van der Waals surface area contributed by atoms with Crippen molar-refractivity contribution in [2.75, 3.05) is 5.73 Å². The van der Waals surface area contributed by atoms with Crippen LogP contribution in [0.1, 0.15) is 11.3 Å². The van der Waals surface area contributed by atoms with Gasteiger partial charge in [-0.3, -0.25) is 0 Å². The highest BCUT2D eigenvalue weighted by molar-refractivity contribution is 5.80. The molecule has 1 aromatic heterocycles. The normalized spacial score (nSPS) is 11.3. The van der Waals surface area contributed by atoms with Crippen LogP contribution in [0.15, 0.2) is 23.4 Å². The van der Waals surface area contributed by atoms with Crippen molar-refractivity contribution >= 4 is 12.2 Å². The minimum Gasteiger partial charge on any atom is -0.368 e. The molecule has 0 saturated heterocycles. The first-order valence-electron chi connectivity index (χ1n) is 4.97. The van der Waals surface area contributed by atoms with Crippen molar-refractivity contribution in [2.45, 2.75) is 6.92 Å². The van der Waals surface area contributed by atoms with Crippen molar-refractivity contribution in [3.05, 3.63) is 47.0 Å². The summed E-state index contributed by atoms with van der Waals surface area (Å²) in [6, 6.07) is 1.30. The first kappa shape index (κ1) is 12.2. The van der Waals surface area contributed by atoms with Crippen LogP contribution in [0.25, 0.3) is 0 Å². The lowest BCUT2D eigenvalue weighted by molar-refractivity contribution is 0.493. The molecule has 0 aliphatic heterocycles. The molecule has 0 fully saturated rings. The zero-order chi connectivity index (χ0) is 13.3. The summed E-state index contributed by atoms with van der Waals surface area (Å²) in [6.07, 6.45) is 2.47. The minimum atomic E-state index is -1.27. The topological polar surface area (TPSA) is 56.2 Å². The average molecular weight is 254 g/mol. The number of hydrogen-bond donors (Lipinski definition) is 1. The van der Waals surface area contributed by atoms with Gasteiger partial charge in [0.25, 0.3) is 0 Å². The van der Waals surface area contributed by atoms with E-state index in [9.17, 15) is 13.2 Å². The lowest BCUT2D eigenvalue weighted by Crippen LogP contribution is -1.99. The number of anilines is 1. The van der Waals surface area contributed by atoms with Gasteiger partial charge in [0.05, 0.1) is 18.1 Å². The van der Waals surface area contributed by atoms with Gasteiger partial charge in [-0.15, -0.1) is 0 Å². The largest absolute Gasteiger partial charge is 0.368 e. The van der Waals surface area contributed by atoms with Crippen molar-refractivity contribution < 1.29 is 13.2 Å². The number of halogens is 3. The number of aromatic nitrogens is 2. The van der Waals surface area contributed by atoms with Gasteiger partial charge in [-0.25, -0.2) is 22.8 Å². The Morgan fingerprint density at radius 1 is 1.33 bits per heavy atom. The summed E-state index contributed by atoms with van der Waals surface area (Å²) < 4.78 is 40.3. The van der Waals surface area contributed by atoms with E-state index in [1.54, 1.807) is 6.92 Å². The Labute approximate surface area is 101 Å². The second kappa shape index (κ2) is 4.52. The zero-order valence-electron chi connectivity index (χ0n) is 9.36. The van der Waals surface area contributed by atoms with Crippen LogP contribution < -0.4 is 5.73 Å². The van der Waals surface area contributed by atoms with Crippen molar-refractivity contribution in [3.8, 4) is 0 Å². The number of nitrogens with zero attached hydrogens (tertiary/aromatic N) is 3. The van der Waals surface area contributed by atoms with Crippen molar-refractivity contribution in [3.63, 3.8) is 0 Å². The SMILES string of the molecule is Cc1cn(N=Cc2cc(F)cc(F)c2F)c(N)n1. The van der Waals surface area contributed by atoms with Gasteiger partial charge in [0, 0.05) is 11.6 Å². The van der Waals surface area contributed by atoms with Crippen LogP contribution in [-0.4, -0.2) is 15.9 Å². The molecule has 2 N–H and O–H groups in total. The molecule has 2 rings (SSSR count). The molecule has 0 saturated carbocycles. The molecule has 0 radical (unpaired) electrons. The van der Waals surface area contributed by atoms with E-state index in [-0.39, 0.29) is 11.5 Å². The van der Waals surface area contributed by atoms with Gasteiger partial charge in [-0.2, -0.15) is 5.10 Å². The van der Waals surface area contributed by atoms with Crippen LogP contribution in [0, 0.1) is 24.4 Å². The number of imidazole rings is 1. The molecule has 0 amide bonds. The van der Waals surface area contributed by atoms with Gasteiger partial charge in [0.2, 0.25) is 5.95 Å². The van der Waals surface area contributed by atoms with Crippen LogP contribution in [0.5, 0.6) is 0 Å². The van der Waals surface area contributed by atoms with E-state index < -0.39 is 17.5 Å². The number of benzene rings is 1. The predicted octanol–water partition coefficient (Wildman–Crippen LogP) is 2.07. The first-order valence-corrected chi connectivity index (χ1v) is 4.97. The van der Waals surface area contributed by atoms with Crippen molar-refractivity contribution in [2.24, 2.45) is 5.10 Å². The third kappa shape index (κ3) is 2.34. The highest BCUT2D eigenvalue weighted by atomic mass is 19.2. The van der Waals surface area contributed by atoms with E-state index in [1.165, 1.54) is 10.9 Å². The molecule has 0 bridgehead atoms. The van der Waals surface area contributed by atoms with Gasteiger partial charge in [-0.1, -0.05) is 0 Å². The summed E-state index contributed by atoms with van der Waals surface area (Å²) in [4.78, 5) is 3.87. The summed E-state index contributed by atoms with van der Waals surface area (Å²) in [5.74, 6) is -3.23. The van der Waals surface area contributed by atoms with Crippen LogP contribution in [0.3, 0.4) is 0 Å². The molecule has 94 valence electrons. The maximum absolute atomic E-state index is 13.3. The molecule has 18 heavy (non-hydrogen) atoms. The number of aryl methyl sites for hydroxylation is 1. The van der Waals surface area contributed by atoms with E-state index >= 15 is 0 Å². The highest BCUT2D eigenvalue weighted by Crippen LogP contribution is 2.13. The fraction of sp³-hybridized carbons (Fsp3) is 0.0909. The Hall–Kier alpha value is -2.31. The Bertz CT molecular complexity index is 619. The van der Waals surface area contributed by atoms with Gasteiger partial charge in [0.1, 0.15) is 5.82 Å². The summed E-state index contributed by atoms with van der Waals surface area (Å²) in [7, 11) is 0. The standard InChI is InChI=1S/C11H9F3N4/c1-6-5-18(11(15)17-6)16-4-7-2-8(12)3-9(13)10(7)14/h2-5H,1H3,(H2,15,17). The minimum absolute atomic E-state index is 0.0982. The first-order chi connectivity index (χ1) is 8.47. The maximum atomic E-state index is 13.3. The van der Waals surface area contributed by atoms with Crippen molar-refractivity contribution in [1.29, 1.82) is 0 Å². The zero-order valence-corrected chi connectivity index (χ0v) is 9.36. The lowest BCUT2D eigenvalue weighted by Gasteiger charge is -1.99. The Morgan fingerprint density at radius 3 is 2.67 bits per heavy atom. The lowest BCUT2D eigenvalue weighted by atomic mass is 10.2. The maximum Gasteiger partial charge on any atom is 0.221 e. The molecule has 0 spiro atoms. The van der Waals surface area contributed by atoms with Gasteiger partial charge in [-0.05, 0) is 13.0 Å². The fourth-order valence-corrected chi connectivity index (χ4v) is 1.39. The number of rotatable bonds is 2.